The van der Waals surface area contributed by atoms with Crippen molar-refractivity contribution in [3.63, 3.8) is 0 Å². The highest BCUT2D eigenvalue weighted by Gasteiger charge is 2.30. The fourth-order valence-electron chi connectivity index (χ4n) is 2.15. The maximum atomic E-state index is 6.03. The van der Waals surface area contributed by atoms with Crippen LogP contribution in [0.2, 0.25) is 5.02 Å². The lowest BCUT2D eigenvalue weighted by atomic mass is 10.3. The first-order valence-corrected chi connectivity index (χ1v) is 8.51. The molecule has 0 spiro atoms. The molecule has 1 fully saturated rings. The van der Waals surface area contributed by atoms with Crippen molar-refractivity contribution >= 4 is 23.4 Å². The highest BCUT2D eigenvalue weighted by Crippen LogP contribution is 2.40. The van der Waals surface area contributed by atoms with Gasteiger partial charge in [-0.25, -0.2) is 0 Å². The number of hydrogen-bond acceptors (Lipinski definition) is 7. The number of thioether (sulfide) groups is 1. The Morgan fingerprint density at radius 1 is 1.39 bits per heavy atom. The maximum absolute atomic E-state index is 6.03. The van der Waals surface area contributed by atoms with Crippen molar-refractivity contribution in [2.75, 3.05) is 0 Å². The molecule has 118 valence electrons. The summed E-state index contributed by atoms with van der Waals surface area (Å²) in [6.45, 7) is 1.99. The standard InChI is InChI=1S/C14H13ClN6OS/c1-8(13-16-12(18-22-13)9-5-6-9)23-14-17-19-20-21(14)11-4-2-3-10(15)7-11/h2-4,7-9H,5-6H2,1H3. The van der Waals surface area contributed by atoms with E-state index in [4.69, 9.17) is 16.1 Å². The Kier molecular flexibility index (Phi) is 3.78. The van der Waals surface area contributed by atoms with Gasteiger partial charge in [-0.05, 0) is 48.4 Å². The maximum Gasteiger partial charge on any atom is 0.239 e. The van der Waals surface area contributed by atoms with Gasteiger partial charge in [0.15, 0.2) is 5.82 Å². The summed E-state index contributed by atoms with van der Waals surface area (Å²) >= 11 is 7.50. The number of halogens is 1. The molecule has 1 aliphatic carbocycles. The van der Waals surface area contributed by atoms with E-state index in [0.717, 1.165) is 24.4 Å². The first kappa shape index (κ1) is 14.6. The zero-order chi connectivity index (χ0) is 15.8. The van der Waals surface area contributed by atoms with E-state index in [-0.39, 0.29) is 5.25 Å². The molecule has 0 bridgehead atoms. The summed E-state index contributed by atoms with van der Waals surface area (Å²) in [5, 5.41) is 17.1. The van der Waals surface area contributed by atoms with E-state index in [1.807, 2.05) is 31.2 Å². The van der Waals surface area contributed by atoms with Crippen molar-refractivity contribution in [3.8, 4) is 5.69 Å². The van der Waals surface area contributed by atoms with Crippen LogP contribution in [0.15, 0.2) is 33.9 Å². The molecule has 0 N–H and O–H groups in total. The molecule has 1 saturated carbocycles. The van der Waals surface area contributed by atoms with E-state index in [1.54, 1.807) is 4.68 Å². The van der Waals surface area contributed by atoms with Crippen LogP contribution in [0.5, 0.6) is 0 Å². The molecule has 2 heterocycles. The van der Waals surface area contributed by atoms with Crippen LogP contribution in [0.25, 0.3) is 5.69 Å². The van der Waals surface area contributed by atoms with Gasteiger partial charge in [0.2, 0.25) is 11.0 Å². The van der Waals surface area contributed by atoms with Crippen LogP contribution in [-0.2, 0) is 0 Å². The van der Waals surface area contributed by atoms with Gasteiger partial charge in [-0.1, -0.05) is 34.6 Å². The summed E-state index contributed by atoms with van der Waals surface area (Å²) < 4.78 is 7.00. The highest BCUT2D eigenvalue weighted by atomic mass is 35.5. The second kappa shape index (κ2) is 5.93. The summed E-state index contributed by atoms with van der Waals surface area (Å²) in [4.78, 5) is 4.47. The normalized spacial score (nSPS) is 15.7. The van der Waals surface area contributed by atoms with Gasteiger partial charge in [-0.15, -0.1) is 5.10 Å². The van der Waals surface area contributed by atoms with Gasteiger partial charge in [-0.3, -0.25) is 0 Å². The van der Waals surface area contributed by atoms with E-state index in [9.17, 15) is 0 Å². The van der Waals surface area contributed by atoms with Crippen LogP contribution in [0.1, 0.15) is 42.6 Å². The molecule has 1 unspecified atom stereocenters. The Morgan fingerprint density at radius 2 is 2.26 bits per heavy atom. The van der Waals surface area contributed by atoms with Crippen LogP contribution in [-0.4, -0.2) is 30.3 Å². The van der Waals surface area contributed by atoms with Crippen molar-refractivity contribution in [2.45, 2.75) is 36.1 Å². The molecular weight excluding hydrogens is 336 g/mol. The number of benzene rings is 1. The molecule has 0 saturated heterocycles. The zero-order valence-corrected chi connectivity index (χ0v) is 13.8. The molecular formula is C14H13ClN6OS. The molecule has 1 atom stereocenters. The third kappa shape index (κ3) is 3.09. The quantitative estimate of drug-likeness (QED) is 0.653. The van der Waals surface area contributed by atoms with Gasteiger partial charge in [-0.2, -0.15) is 9.67 Å². The second-order valence-electron chi connectivity index (χ2n) is 5.38. The average molecular weight is 349 g/mol. The second-order valence-corrected chi connectivity index (χ2v) is 7.12. The molecule has 0 radical (unpaired) electrons. The Morgan fingerprint density at radius 3 is 3.04 bits per heavy atom. The Hall–Kier alpha value is -1.93. The Bertz CT molecular complexity index is 830. The summed E-state index contributed by atoms with van der Waals surface area (Å²) in [6, 6.07) is 7.37. The van der Waals surface area contributed by atoms with Crippen molar-refractivity contribution in [1.29, 1.82) is 0 Å². The molecule has 1 aromatic carbocycles. The third-order valence-electron chi connectivity index (χ3n) is 3.52. The fraction of sp³-hybridized carbons (Fsp3) is 0.357. The minimum atomic E-state index is -0.0427. The summed E-state index contributed by atoms with van der Waals surface area (Å²) in [6.07, 6.45) is 2.29. The van der Waals surface area contributed by atoms with Gasteiger partial charge in [0.1, 0.15) is 0 Å². The molecule has 2 aromatic heterocycles. The van der Waals surface area contributed by atoms with Crippen molar-refractivity contribution < 1.29 is 4.52 Å². The monoisotopic (exact) mass is 348 g/mol. The van der Waals surface area contributed by atoms with Gasteiger partial charge >= 0.3 is 0 Å². The molecule has 23 heavy (non-hydrogen) atoms. The van der Waals surface area contributed by atoms with Crippen LogP contribution in [0.4, 0.5) is 0 Å². The molecule has 0 aliphatic heterocycles. The topological polar surface area (TPSA) is 82.5 Å². The fourth-order valence-corrected chi connectivity index (χ4v) is 3.17. The molecule has 1 aliphatic rings. The lowest BCUT2D eigenvalue weighted by molar-refractivity contribution is 0.374. The van der Waals surface area contributed by atoms with Crippen molar-refractivity contribution in [1.82, 2.24) is 30.3 Å². The Balaban J connectivity index is 1.55. The lowest BCUT2D eigenvalue weighted by Crippen LogP contribution is -2.00. The van der Waals surface area contributed by atoms with Crippen LogP contribution in [0.3, 0.4) is 0 Å². The number of rotatable bonds is 5. The smallest absolute Gasteiger partial charge is 0.239 e. The minimum Gasteiger partial charge on any atom is -0.338 e. The minimum absolute atomic E-state index is 0.0427. The van der Waals surface area contributed by atoms with Gasteiger partial charge in [0.25, 0.3) is 0 Å². The van der Waals surface area contributed by atoms with E-state index in [2.05, 4.69) is 25.7 Å². The van der Waals surface area contributed by atoms with E-state index in [1.165, 1.54) is 11.8 Å². The predicted molar refractivity (Wildman–Crippen MR) is 84.7 cm³/mol. The number of tetrazole rings is 1. The zero-order valence-electron chi connectivity index (χ0n) is 12.3. The van der Waals surface area contributed by atoms with E-state index >= 15 is 0 Å². The molecule has 3 aromatic rings. The van der Waals surface area contributed by atoms with Gasteiger partial charge in [0, 0.05) is 10.9 Å². The molecule has 7 nitrogen and oxygen atoms in total. The third-order valence-corrected chi connectivity index (χ3v) is 4.78. The number of aromatic nitrogens is 6. The van der Waals surface area contributed by atoms with Gasteiger partial charge < -0.3 is 4.52 Å². The first-order chi connectivity index (χ1) is 11.2. The highest BCUT2D eigenvalue weighted by molar-refractivity contribution is 7.99. The number of hydrogen-bond donors (Lipinski definition) is 0. The SMILES string of the molecule is CC(Sc1nnnn1-c1cccc(Cl)c1)c1nc(C2CC2)no1. The van der Waals surface area contributed by atoms with Gasteiger partial charge in [0.05, 0.1) is 10.9 Å². The summed E-state index contributed by atoms with van der Waals surface area (Å²) in [5.74, 6) is 1.88. The lowest BCUT2D eigenvalue weighted by Gasteiger charge is -2.07. The molecule has 9 heteroatoms. The summed E-state index contributed by atoms with van der Waals surface area (Å²) in [7, 11) is 0. The predicted octanol–water partition coefficient (Wildman–Crippen LogP) is 3.43. The average Bonchev–Trinajstić information content (AvgIpc) is 3.09. The molecule has 4 rings (SSSR count). The largest absolute Gasteiger partial charge is 0.338 e. The molecule has 0 amide bonds. The van der Waals surface area contributed by atoms with E-state index in [0.29, 0.717) is 22.0 Å². The van der Waals surface area contributed by atoms with Crippen LogP contribution >= 0.6 is 23.4 Å². The number of nitrogens with zero attached hydrogens (tertiary/aromatic N) is 6. The van der Waals surface area contributed by atoms with Crippen molar-refractivity contribution in [3.05, 3.63) is 41.0 Å². The first-order valence-electron chi connectivity index (χ1n) is 7.25. The van der Waals surface area contributed by atoms with Crippen LogP contribution in [0, 0.1) is 0 Å². The van der Waals surface area contributed by atoms with E-state index < -0.39 is 0 Å². The Labute approximate surface area is 141 Å². The van der Waals surface area contributed by atoms with Crippen molar-refractivity contribution in [2.24, 2.45) is 0 Å². The summed E-state index contributed by atoms with van der Waals surface area (Å²) in [5.41, 5.74) is 0.807. The van der Waals surface area contributed by atoms with Crippen LogP contribution < -0.4 is 0 Å².